The number of fused-ring (bicyclic) bond motifs is 1. The third-order valence-electron chi connectivity index (χ3n) is 2.65. The summed E-state index contributed by atoms with van der Waals surface area (Å²) >= 11 is 2.30. The van der Waals surface area contributed by atoms with Crippen LogP contribution in [0.4, 0.5) is 0 Å². The monoisotopic (exact) mass is 311 g/mol. The molecule has 2 rings (SSSR count). The number of unbranched alkanes of at least 4 members (excludes halogenated alkanes) is 1. The van der Waals surface area contributed by atoms with Gasteiger partial charge >= 0.3 is 0 Å². The molecule has 0 N–H and O–H groups in total. The Bertz CT molecular complexity index is 465. The second-order valence-electron chi connectivity index (χ2n) is 3.72. The van der Waals surface area contributed by atoms with Crippen LogP contribution in [-0.2, 0) is 6.42 Å². The number of aromatic nitrogens is 1. The average molecular weight is 311 g/mol. The van der Waals surface area contributed by atoms with E-state index in [0.717, 1.165) is 3.70 Å². The van der Waals surface area contributed by atoms with Crippen LogP contribution in [0.2, 0.25) is 0 Å². The third kappa shape index (κ3) is 2.30. The SMILES string of the molecule is CCCCc1cccc2c(I)nccc12. The summed E-state index contributed by atoms with van der Waals surface area (Å²) in [5, 5.41) is 2.65. The van der Waals surface area contributed by atoms with Crippen LogP contribution in [-0.4, -0.2) is 4.98 Å². The van der Waals surface area contributed by atoms with Crippen LogP contribution >= 0.6 is 22.6 Å². The smallest absolute Gasteiger partial charge is 0.109 e. The van der Waals surface area contributed by atoms with Gasteiger partial charge in [-0.15, -0.1) is 0 Å². The third-order valence-corrected chi connectivity index (χ3v) is 3.51. The van der Waals surface area contributed by atoms with Gasteiger partial charge in [0.1, 0.15) is 3.70 Å². The second-order valence-corrected chi connectivity index (χ2v) is 4.74. The molecule has 0 fully saturated rings. The van der Waals surface area contributed by atoms with Crippen molar-refractivity contribution in [2.45, 2.75) is 26.2 Å². The van der Waals surface area contributed by atoms with Gasteiger partial charge in [0, 0.05) is 11.6 Å². The number of hydrogen-bond acceptors (Lipinski definition) is 1. The van der Waals surface area contributed by atoms with Crippen molar-refractivity contribution in [2.24, 2.45) is 0 Å². The predicted molar refractivity (Wildman–Crippen MR) is 73.1 cm³/mol. The van der Waals surface area contributed by atoms with Crippen molar-refractivity contribution >= 4 is 33.4 Å². The first kappa shape index (κ1) is 10.9. The van der Waals surface area contributed by atoms with Gasteiger partial charge in [0.25, 0.3) is 0 Å². The van der Waals surface area contributed by atoms with E-state index in [0.29, 0.717) is 0 Å². The van der Waals surface area contributed by atoms with Crippen LogP contribution in [0.3, 0.4) is 0 Å². The lowest BCUT2D eigenvalue weighted by Gasteiger charge is -2.06. The number of pyridine rings is 1. The maximum absolute atomic E-state index is 4.32. The Kier molecular flexibility index (Phi) is 3.57. The highest BCUT2D eigenvalue weighted by atomic mass is 127. The van der Waals surface area contributed by atoms with Crippen molar-refractivity contribution in [3.63, 3.8) is 0 Å². The molecule has 1 nitrogen and oxygen atoms in total. The van der Waals surface area contributed by atoms with Gasteiger partial charge in [-0.05, 0) is 52.4 Å². The van der Waals surface area contributed by atoms with Gasteiger partial charge in [-0.2, -0.15) is 0 Å². The molecule has 1 aromatic carbocycles. The van der Waals surface area contributed by atoms with Crippen LogP contribution < -0.4 is 0 Å². The molecule has 0 saturated heterocycles. The molecule has 0 amide bonds. The lowest BCUT2D eigenvalue weighted by molar-refractivity contribution is 0.799. The molecule has 2 heteroatoms. The number of rotatable bonds is 3. The fourth-order valence-electron chi connectivity index (χ4n) is 1.82. The Hall–Kier alpha value is -0.640. The van der Waals surface area contributed by atoms with Crippen molar-refractivity contribution < 1.29 is 0 Å². The van der Waals surface area contributed by atoms with E-state index in [1.54, 1.807) is 0 Å². The summed E-state index contributed by atoms with van der Waals surface area (Å²) in [6, 6.07) is 8.65. The van der Waals surface area contributed by atoms with Crippen molar-refractivity contribution in [2.75, 3.05) is 0 Å². The zero-order chi connectivity index (χ0) is 10.7. The molecule has 0 aliphatic heterocycles. The zero-order valence-electron chi connectivity index (χ0n) is 8.83. The van der Waals surface area contributed by atoms with Crippen molar-refractivity contribution in [1.29, 1.82) is 0 Å². The summed E-state index contributed by atoms with van der Waals surface area (Å²) in [5.74, 6) is 0. The van der Waals surface area contributed by atoms with Crippen molar-refractivity contribution in [3.05, 3.63) is 39.7 Å². The van der Waals surface area contributed by atoms with E-state index in [-0.39, 0.29) is 0 Å². The summed E-state index contributed by atoms with van der Waals surface area (Å²) in [6.07, 6.45) is 5.59. The Labute approximate surface area is 104 Å². The lowest BCUT2D eigenvalue weighted by Crippen LogP contribution is -1.90. The van der Waals surface area contributed by atoms with E-state index in [1.807, 2.05) is 6.20 Å². The lowest BCUT2D eigenvalue weighted by atomic mass is 10.0. The number of nitrogens with zero attached hydrogens (tertiary/aromatic N) is 1. The van der Waals surface area contributed by atoms with E-state index < -0.39 is 0 Å². The van der Waals surface area contributed by atoms with Crippen molar-refractivity contribution in [1.82, 2.24) is 4.98 Å². The van der Waals surface area contributed by atoms with Gasteiger partial charge < -0.3 is 0 Å². The second kappa shape index (κ2) is 4.92. The van der Waals surface area contributed by atoms with Crippen LogP contribution in [0.1, 0.15) is 25.3 Å². The van der Waals surface area contributed by atoms with Crippen LogP contribution in [0.25, 0.3) is 10.8 Å². The number of halogens is 1. The molecule has 0 spiro atoms. The number of aryl methyl sites for hydroxylation is 1. The average Bonchev–Trinajstić information content (AvgIpc) is 2.27. The van der Waals surface area contributed by atoms with Crippen molar-refractivity contribution in [3.8, 4) is 0 Å². The van der Waals surface area contributed by atoms with Gasteiger partial charge in [-0.3, -0.25) is 0 Å². The largest absolute Gasteiger partial charge is 0.250 e. The highest BCUT2D eigenvalue weighted by Gasteiger charge is 2.03. The molecule has 0 unspecified atom stereocenters. The maximum Gasteiger partial charge on any atom is 0.109 e. The first-order valence-electron chi connectivity index (χ1n) is 5.35. The van der Waals surface area contributed by atoms with Crippen LogP contribution in [0.5, 0.6) is 0 Å². The van der Waals surface area contributed by atoms with Gasteiger partial charge in [-0.25, -0.2) is 4.98 Å². The summed E-state index contributed by atoms with van der Waals surface area (Å²) in [5.41, 5.74) is 1.45. The summed E-state index contributed by atoms with van der Waals surface area (Å²) in [6.45, 7) is 2.23. The molecule has 78 valence electrons. The first-order chi connectivity index (χ1) is 7.33. The molecule has 15 heavy (non-hydrogen) atoms. The first-order valence-corrected chi connectivity index (χ1v) is 6.43. The number of hydrogen-bond donors (Lipinski definition) is 0. The van der Waals surface area contributed by atoms with Crippen LogP contribution in [0, 0.1) is 3.70 Å². The van der Waals surface area contributed by atoms with Gasteiger partial charge in [-0.1, -0.05) is 31.5 Å². The summed E-state index contributed by atoms with van der Waals surface area (Å²) in [4.78, 5) is 4.32. The minimum Gasteiger partial charge on any atom is -0.250 e. The molecule has 0 aliphatic carbocycles. The predicted octanol–water partition coefficient (Wildman–Crippen LogP) is 4.18. The Morgan fingerprint density at radius 2 is 2.07 bits per heavy atom. The molecule has 1 heterocycles. The molecule has 0 radical (unpaired) electrons. The minimum absolute atomic E-state index is 1.10. The zero-order valence-corrected chi connectivity index (χ0v) is 11.0. The topological polar surface area (TPSA) is 12.9 Å². The quantitative estimate of drug-likeness (QED) is 0.612. The van der Waals surface area contributed by atoms with Gasteiger partial charge in [0.15, 0.2) is 0 Å². The normalized spacial score (nSPS) is 10.8. The van der Waals surface area contributed by atoms with E-state index in [1.165, 1.54) is 35.6 Å². The molecular formula is C13H14IN. The fraction of sp³-hybridized carbons (Fsp3) is 0.308. The summed E-state index contributed by atoms with van der Waals surface area (Å²) < 4.78 is 1.10. The van der Waals surface area contributed by atoms with Gasteiger partial charge in [0.2, 0.25) is 0 Å². The van der Waals surface area contributed by atoms with E-state index in [4.69, 9.17) is 0 Å². The van der Waals surface area contributed by atoms with E-state index >= 15 is 0 Å². The van der Waals surface area contributed by atoms with E-state index in [2.05, 4.69) is 58.8 Å². The molecule has 0 atom stereocenters. The molecule has 0 aliphatic rings. The number of benzene rings is 1. The highest BCUT2D eigenvalue weighted by Crippen LogP contribution is 2.23. The Morgan fingerprint density at radius 1 is 1.20 bits per heavy atom. The van der Waals surface area contributed by atoms with Crippen LogP contribution in [0.15, 0.2) is 30.5 Å². The molecule has 0 saturated carbocycles. The Balaban J connectivity index is 2.51. The van der Waals surface area contributed by atoms with Gasteiger partial charge in [0.05, 0.1) is 0 Å². The molecule has 2 aromatic rings. The van der Waals surface area contributed by atoms with E-state index in [9.17, 15) is 0 Å². The Morgan fingerprint density at radius 3 is 2.87 bits per heavy atom. The fourth-order valence-corrected chi connectivity index (χ4v) is 2.45. The molecule has 0 bridgehead atoms. The standard InChI is InChI=1S/C13H14IN/c1-2-3-5-10-6-4-7-12-11(10)8-9-15-13(12)14/h4,6-9H,2-3,5H2,1H3. The molecular weight excluding hydrogens is 297 g/mol. The highest BCUT2D eigenvalue weighted by molar-refractivity contribution is 14.1. The maximum atomic E-state index is 4.32. The summed E-state index contributed by atoms with van der Waals surface area (Å²) in [7, 11) is 0. The molecule has 1 aromatic heterocycles. The minimum atomic E-state index is 1.10.